The minimum absolute atomic E-state index is 0.00567. The molecule has 2 N–H and O–H groups in total. The molecule has 3 rings (SSSR count). The molecule has 0 aliphatic carbocycles. The van der Waals surface area contributed by atoms with Crippen LogP contribution in [0.25, 0.3) is 0 Å². The second-order valence-electron chi connectivity index (χ2n) is 6.13. The Labute approximate surface area is 128 Å². The van der Waals surface area contributed by atoms with Gasteiger partial charge in [0.15, 0.2) is 0 Å². The number of benzene rings is 1. The molecule has 0 spiro atoms. The molecule has 1 aromatic carbocycles. The molecule has 22 heavy (non-hydrogen) atoms. The molecule has 5 nitrogen and oxygen atoms in total. The average molecular weight is 301 g/mol. The summed E-state index contributed by atoms with van der Waals surface area (Å²) in [5.41, 5.74) is 2.07. The first kappa shape index (κ1) is 14.8. The predicted octanol–water partition coefficient (Wildman–Crippen LogP) is 1.86. The second-order valence-corrected chi connectivity index (χ2v) is 6.13. The quantitative estimate of drug-likeness (QED) is 0.907. The van der Waals surface area contributed by atoms with E-state index in [0.29, 0.717) is 25.3 Å². The zero-order valence-corrected chi connectivity index (χ0v) is 12.7. The lowest BCUT2D eigenvalue weighted by Crippen LogP contribution is -2.23. The number of aromatic nitrogens is 1. The van der Waals surface area contributed by atoms with Crippen molar-refractivity contribution in [1.82, 2.24) is 4.57 Å². The van der Waals surface area contributed by atoms with Crippen LogP contribution in [0.3, 0.4) is 0 Å². The van der Waals surface area contributed by atoms with E-state index in [-0.39, 0.29) is 11.3 Å². The number of aliphatic hydroxyl groups is 1. The van der Waals surface area contributed by atoms with Crippen molar-refractivity contribution in [1.29, 1.82) is 0 Å². The third-order valence-corrected chi connectivity index (χ3v) is 4.00. The molecule has 2 heterocycles. The van der Waals surface area contributed by atoms with Gasteiger partial charge in [0.1, 0.15) is 5.75 Å². The van der Waals surface area contributed by atoms with Crippen molar-refractivity contribution in [3.05, 3.63) is 63.1 Å². The van der Waals surface area contributed by atoms with Gasteiger partial charge in [-0.25, -0.2) is 0 Å². The molecule has 0 bridgehead atoms. The Morgan fingerprint density at radius 3 is 2.55 bits per heavy atom. The van der Waals surface area contributed by atoms with Crippen molar-refractivity contribution in [3.63, 3.8) is 0 Å². The fraction of sp³-hybridized carbons (Fsp3) is 0.353. The Balaban J connectivity index is 1.95. The van der Waals surface area contributed by atoms with Crippen molar-refractivity contribution >= 4 is 0 Å². The molecule has 0 fully saturated rings. The first-order valence-electron chi connectivity index (χ1n) is 7.20. The Morgan fingerprint density at radius 1 is 1.23 bits per heavy atom. The van der Waals surface area contributed by atoms with Gasteiger partial charge in [-0.15, -0.1) is 0 Å². The van der Waals surface area contributed by atoms with Gasteiger partial charge in [0, 0.05) is 11.6 Å². The molecule has 0 saturated heterocycles. The van der Waals surface area contributed by atoms with E-state index in [9.17, 15) is 15.0 Å². The summed E-state index contributed by atoms with van der Waals surface area (Å²) in [5.74, 6) is 0.00567. The van der Waals surface area contributed by atoms with Gasteiger partial charge in [0.25, 0.3) is 5.56 Å². The zero-order valence-electron chi connectivity index (χ0n) is 12.7. The summed E-state index contributed by atoms with van der Waals surface area (Å²) in [7, 11) is 0. The summed E-state index contributed by atoms with van der Waals surface area (Å²) < 4.78 is 6.97. The molecule has 1 aromatic heterocycles. The number of ether oxygens (including phenoxy) is 1. The molecule has 116 valence electrons. The first-order valence-corrected chi connectivity index (χ1v) is 7.20. The molecular weight excluding hydrogens is 282 g/mol. The molecule has 0 atom stereocenters. The SMILES string of the molecule is CC(C)(O)c1ccc(Cn2c3c(c(O)cc2=O)COC3)cc1. The van der Waals surface area contributed by atoms with Crippen LogP contribution in [0.2, 0.25) is 0 Å². The van der Waals surface area contributed by atoms with E-state index in [0.717, 1.165) is 16.8 Å². The van der Waals surface area contributed by atoms with E-state index >= 15 is 0 Å². The van der Waals surface area contributed by atoms with Crippen LogP contribution in [0, 0.1) is 0 Å². The smallest absolute Gasteiger partial charge is 0.254 e. The summed E-state index contributed by atoms with van der Waals surface area (Å²) in [5, 5.41) is 19.8. The van der Waals surface area contributed by atoms with Crippen LogP contribution in [-0.2, 0) is 30.1 Å². The molecule has 1 aliphatic heterocycles. The number of fused-ring (bicyclic) bond motifs is 1. The monoisotopic (exact) mass is 301 g/mol. The highest BCUT2D eigenvalue weighted by Gasteiger charge is 2.21. The molecule has 0 unspecified atom stereocenters. The van der Waals surface area contributed by atoms with Crippen molar-refractivity contribution in [2.45, 2.75) is 39.2 Å². The Kier molecular flexibility index (Phi) is 3.54. The van der Waals surface area contributed by atoms with Gasteiger partial charge in [-0.3, -0.25) is 4.79 Å². The molecule has 0 amide bonds. The van der Waals surface area contributed by atoms with Crippen LogP contribution in [0.15, 0.2) is 35.1 Å². The summed E-state index contributed by atoms with van der Waals surface area (Å²) in [6.07, 6.45) is 0. The van der Waals surface area contributed by atoms with Gasteiger partial charge in [-0.05, 0) is 25.0 Å². The number of hydrogen-bond acceptors (Lipinski definition) is 4. The third kappa shape index (κ3) is 2.65. The summed E-state index contributed by atoms with van der Waals surface area (Å²) >= 11 is 0. The lowest BCUT2D eigenvalue weighted by atomic mass is 9.97. The third-order valence-electron chi connectivity index (χ3n) is 4.00. The van der Waals surface area contributed by atoms with E-state index in [2.05, 4.69) is 0 Å². The normalized spacial score (nSPS) is 14.1. The van der Waals surface area contributed by atoms with Crippen LogP contribution in [-0.4, -0.2) is 14.8 Å². The largest absolute Gasteiger partial charge is 0.507 e. The van der Waals surface area contributed by atoms with E-state index in [1.54, 1.807) is 18.4 Å². The summed E-state index contributed by atoms with van der Waals surface area (Å²) in [4.78, 5) is 12.1. The van der Waals surface area contributed by atoms with Gasteiger partial charge in [0.05, 0.1) is 31.1 Å². The van der Waals surface area contributed by atoms with Crippen LogP contribution < -0.4 is 5.56 Å². The second kappa shape index (κ2) is 5.26. The number of nitrogens with zero attached hydrogens (tertiary/aromatic N) is 1. The van der Waals surface area contributed by atoms with Crippen LogP contribution >= 0.6 is 0 Å². The Hall–Kier alpha value is -2.11. The summed E-state index contributed by atoms with van der Waals surface area (Å²) in [6, 6.07) is 8.75. The maximum absolute atomic E-state index is 12.1. The fourth-order valence-corrected chi connectivity index (χ4v) is 2.67. The van der Waals surface area contributed by atoms with Gasteiger partial charge in [-0.2, -0.15) is 0 Å². The van der Waals surface area contributed by atoms with Gasteiger partial charge in [-0.1, -0.05) is 24.3 Å². The van der Waals surface area contributed by atoms with E-state index in [1.807, 2.05) is 24.3 Å². The molecular formula is C17H19NO4. The molecule has 5 heteroatoms. The molecule has 0 saturated carbocycles. The highest BCUT2D eigenvalue weighted by atomic mass is 16.5. The van der Waals surface area contributed by atoms with Crippen LogP contribution in [0.4, 0.5) is 0 Å². The van der Waals surface area contributed by atoms with Crippen molar-refractivity contribution in [3.8, 4) is 5.75 Å². The number of hydrogen-bond donors (Lipinski definition) is 2. The minimum atomic E-state index is -0.886. The highest BCUT2D eigenvalue weighted by Crippen LogP contribution is 2.27. The predicted molar refractivity (Wildman–Crippen MR) is 81.6 cm³/mol. The molecule has 1 aliphatic rings. The van der Waals surface area contributed by atoms with Crippen molar-refractivity contribution < 1.29 is 14.9 Å². The lowest BCUT2D eigenvalue weighted by Gasteiger charge is -2.18. The highest BCUT2D eigenvalue weighted by molar-refractivity contribution is 5.37. The molecule has 0 radical (unpaired) electrons. The number of pyridine rings is 1. The van der Waals surface area contributed by atoms with Crippen LogP contribution in [0.1, 0.15) is 36.2 Å². The Morgan fingerprint density at radius 2 is 1.91 bits per heavy atom. The van der Waals surface area contributed by atoms with Crippen molar-refractivity contribution in [2.75, 3.05) is 0 Å². The van der Waals surface area contributed by atoms with E-state index in [1.165, 1.54) is 6.07 Å². The minimum Gasteiger partial charge on any atom is -0.507 e. The number of aromatic hydroxyl groups is 1. The molecule has 2 aromatic rings. The maximum atomic E-state index is 12.1. The first-order chi connectivity index (χ1) is 10.4. The van der Waals surface area contributed by atoms with Gasteiger partial charge in [0.2, 0.25) is 0 Å². The van der Waals surface area contributed by atoms with Crippen LogP contribution in [0.5, 0.6) is 5.75 Å². The maximum Gasteiger partial charge on any atom is 0.254 e. The van der Waals surface area contributed by atoms with E-state index in [4.69, 9.17) is 4.74 Å². The lowest BCUT2D eigenvalue weighted by molar-refractivity contribution is 0.0786. The summed E-state index contributed by atoms with van der Waals surface area (Å²) in [6.45, 7) is 4.55. The van der Waals surface area contributed by atoms with Crippen molar-refractivity contribution in [2.24, 2.45) is 0 Å². The van der Waals surface area contributed by atoms with Gasteiger partial charge >= 0.3 is 0 Å². The number of rotatable bonds is 3. The topological polar surface area (TPSA) is 71.7 Å². The standard InChI is InChI=1S/C17H19NO4/c1-17(2,21)12-5-3-11(4-6-12)8-18-14-10-22-9-13(14)15(19)7-16(18)20/h3-7,19,21H,8-10H2,1-2H3. The fourth-order valence-electron chi connectivity index (χ4n) is 2.67. The average Bonchev–Trinajstić information content (AvgIpc) is 2.93. The van der Waals surface area contributed by atoms with E-state index < -0.39 is 5.60 Å². The zero-order chi connectivity index (χ0) is 15.9. The Bertz CT molecular complexity index is 754. The van der Waals surface area contributed by atoms with Gasteiger partial charge < -0.3 is 19.5 Å².